The third-order valence-electron chi connectivity index (χ3n) is 2.49. The quantitative estimate of drug-likeness (QED) is 0.678. The number of hydrogen-bond donors (Lipinski definition) is 2. The topological polar surface area (TPSA) is 32.3 Å². The van der Waals surface area contributed by atoms with Crippen molar-refractivity contribution in [2.45, 2.75) is 37.6 Å². The predicted octanol–water partition coefficient (Wildman–Crippen LogP) is 1.15. The third-order valence-corrected chi connectivity index (χ3v) is 2.49. The molecular weight excluding hydrogens is 164 g/mol. The number of alkyl halides is 2. The highest BCUT2D eigenvalue weighted by Gasteiger charge is 2.32. The van der Waals surface area contributed by atoms with Gasteiger partial charge in [0.25, 0.3) is 6.43 Å². The summed E-state index contributed by atoms with van der Waals surface area (Å²) in [5, 5.41) is 11.8. The van der Waals surface area contributed by atoms with Crippen molar-refractivity contribution in [3.8, 4) is 0 Å². The monoisotopic (exact) mass is 179 g/mol. The zero-order valence-corrected chi connectivity index (χ0v) is 7.02. The summed E-state index contributed by atoms with van der Waals surface area (Å²) < 4.78 is 23.7. The molecule has 0 spiro atoms. The average Bonchev–Trinajstić information content (AvgIpc) is 2.50. The highest BCUT2D eigenvalue weighted by molar-refractivity contribution is 4.92. The van der Waals surface area contributed by atoms with Gasteiger partial charge in [-0.2, -0.15) is 0 Å². The van der Waals surface area contributed by atoms with Gasteiger partial charge >= 0.3 is 0 Å². The maximum Gasteiger partial charge on any atom is 0.250 e. The molecule has 0 amide bonds. The Morgan fingerprint density at radius 3 is 2.33 bits per heavy atom. The molecule has 0 saturated heterocycles. The van der Waals surface area contributed by atoms with Crippen LogP contribution in [0, 0.1) is 0 Å². The Morgan fingerprint density at radius 2 is 1.92 bits per heavy atom. The molecule has 0 aliphatic heterocycles. The Kier molecular flexibility index (Phi) is 3.40. The van der Waals surface area contributed by atoms with Gasteiger partial charge in [-0.1, -0.05) is 12.8 Å². The van der Waals surface area contributed by atoms with Crippen LogP contribution in [-0.4, -0.2) is 30.2 Å². The number of aliphatic hydroxyl groups excluding tert-OH is 1. The minimum atomic E-state index is -2.32. The van der Waals surface area contributed by atoms with Gasteiger partial charge in [-0.25, -0.2) is 8.78 Å². The zero-order valence-electron chi connectivity index (χ0n) is 7.02. The van der Waals surface area contributed by atoms with E-state index in [1.807, 2.05) is 0 Å². The van der Waals surface area contributed by atoms with Crippen molar-refractivity contribution >= 4 is 0 Å². The number of nitrogens with one attached hydrogen (secondary N) is 1. The van der Waals surface area contributed by atoms with E-state index in [2.05, 4.69) is 5.32 Å². The maximum absolute atomic E-state index is 11.9. The van der Waals surface area contributed by atoms with E-state index in [0.29, 0.717) is 0 Å². The van der Waals surface area contributed by atoms with Gasteiger partial charge in [0.15, 0.2) is 0 Å². The molecule has 0 unspecified atom stereocenters. The Labute approximate surface area is 71.0 Å². The van der Waals surface area contributed by atoms with Crippen LogP contribution in [0.4, 0.5) is 8.78 Å². The SMILES string of the molecule is OCC1(NCC(F)F)CCCC1. The van der Waals surface area contributed by atoms with Gasteiger partial charge in [0.05, 0.1) is 13.2 Å². The minimum absolute atomic E-state index is 0.0281. The minimum Gasteiger partial charge on any atom is -0.394 e. The largest absolute Gasteiger partial charge is 0.394 e. The van der Waals surface area contributed by atoms with Crippen LogP contribution in [0.15, 0.2) is 0 Å². The first-order valence-corrected chi connectivity index (χ1v) is 4.33. The lowest BCUT2D eigenvalue weighted by molar-refractivity contribution is 0.106. The Morgan fingerprint density at radius 1 is 1.33 bits per heavy atom. The van der Waals surface area contributed by atoms with Gasteiger partial charge in [0.1, 0.15) is 0 Å². The summed E-state index contributed by atoms with van der Waals surface area (Å²) in [5.74, 6) is 0. The van der Waals surface area contributed by atoms with E-state index in [1.54, 1.807) is 0 Å². The van der Waals surface area contributed by atoms with Crippen LogP contribution < -0.4 is 5.32 Å². The second kappa shape index (κ2) is 4.14. The van der Waals surface area contributed by atoms with Gasteiger partial charge < -0.3 is 10.4 Å². The lowest BCUT2D eigenvalue weighted by Gasteiger charge is -2.27. The summed E-state index contributed by atoms with van der Waals surface area (Å²) in [6.07, 6.45) is 1.36. The summed E-state index contributed by atoms with van der Waals surface area (Å²) in [6, 6.07) is 0. The number of aliphatic hydroxyl groups is 1. The molecule has 4 heteroatoms. The normalized spacial score (nSPS) is 22.0. The van der Waals surface area contributed by atoms with Crippen molar-refractivity contribution < 1.29 is 13.9 Å². The van der Waals surface area contributed by atoms with Crippen LogP contribution >= 0.6 is 0 Å². The molecule has 1 fully saturated rings. The molecule has 1 saturated carbocycles. The van der Waals surface area contributed by atoms with Crippen LogP contribution in [-0.2, 0) is 0 Å². The van der Waals surface area contributed by atoms with E-state index in [4.69, 9.17) is 5.11 Å². The van der Waals surface area contributed by atoms with Crippen molar-refractivity contribution in [3.05, 3.63) is 0 Å². The van der Waals surface area contributed by atoms with Gasteiger partial charge in [-0.15, -0.1) is 0 Å². The molecule has 2 N–H and O–H groups in total. The summed E-state index contributed by atoms with van der Waals surface area (Å²) in [5.41, 5.74) is -0.406. The molecule has 0 aromatic rings. The van der Waals surface area contributed by atoms with Gasteiger partial charge in [0, 0.05) is 5.54 Å². The van der Waals surface area contributed by atoms with Crippen LogP contribution in [0.1, 0.15) is 25.7 Å². The highest BCUT2D eigenvalue weighted by Crippen LogP contribution is 2.28. The molecule has 12 heavy (non-hydrogen) atoms. The molecule has 72 valence electrons. The first-order valence-electron chi connectivity index (χ1n) is 4.33. The molecule has 1 aliphatic carbocycles. The molecule has 0 atom stereocenters. The fourth-order valence-electron chi connectivity index (χ4n) is 1.74. The van der Waals surface area contributed by atoms with E-state index in [1.165, 1.54) is 0 Å². The average molecular weight is 179 g/mol. The number of hydrogen-bond acceptors (Lipinski definition) is 2. The molecule has 1 rings (SSSR count). The lowest BCUT2D eigenvalue weighted by atomic mass is 9.99. The summed E-state index contributed by atoms with van der Waals surface area (Å²) in [6.45, 7) is -0.333. The maximum atomic E-state index is 11.9. The molecule has 0 radical (unpaired) electrons. The number of halogens is 2. The van der Waals surface area contributed by atoms with Crippen LogP contribution in [0.25, 0.3) is 0 Å². The van der Waals surface area contributed by atoms with Crippen molar-refractivity contribution in [2.75, 3.05) is 13.2 Å². The van der Waals surface area contributed by atoms with E-state index in [9.17, 15) is 8.78 Å². The summed E-state index contributed by atoms with van der Waals surface area (Å²) >= 11 is 0. The Hall–Kier alpha value is -0.220. The zero-order chi connectivity index (χ0) is 9.03. The fraction of sp³-hybridized carbons (Fsp3) is 1.00. The van der Waals surface area contributed by atoms with Crippen molar-refractivity contribution in [1.82, 2.24) is 5.32 Å². The standard InChI is InChI=1S/C8H15F2NO/c9-7(10)5-11-8(6-12)3-1-2-4-8/h7,11-12H,1-6H2. The van der Waals surface area contributed by atoms with E-state index in [-0.39, 0.29) is 13.2 Å². The van der Waals surface area contributed by atoms with E-state index >= 15 is 0 Å². The highest BCUT2D eigenvalue weighted by atomic mass is 19.3. The molecule has 0 aromatic heterocycles. The molecule has 0 heterocycles. The molecule has 0 bridgehead atoms. The van der Waals surface area contributed by atoms with Crippen LogP contribution in [0.3, 0.4) is 0 Å². The second-order valence-electron chi connectivity index (χ2n) is 3.42. The Bertz CT molecular complexity index is 135. The summed E-state index contributed by atoms with van der Waals surface area (Å²) in [4.78, 5) is 0. The first kappa shape index (κ1) is 9.86. The van der Waals surface area contributed by atoms with Crippen molar-refractivity contribution in [1.29, 1.82) is 0 Å². The van der Waals surface area contributed by atoms with E-state index in [0.717, 1.165) is 25.7 Å². The van der Waals surface area contributed by atoms with Crippen molar-refractivity contribution in [2.24, 2.45) is 0 Å². The molecule has 1 aliphatic rings. The van der Waals surface area contributed by atoms with Crippen molar-refractivity contribution in [3.63, 3.8) is 0 Å². The predicted molar refractivity (Wildman–Crippen MR) is 42.3 cm³/mol. The van der Waals surface area contributed by atoms with E-state index < -0.39 is 12.0 Å². The van der Waals surface area contributed by atoms with Gasteiger partial charge in [-0.3, -0.25) is 0 Å². The van der Waals surface area contributed by atoms with Crippen LogP contribution in [0.5, 0.6) is 0 Å². The van der Waals surface area contributed by atoms with Gasteiger partial charge in [-0.05, 0) is 12.8 Å². The lowest BCUT2D eigenvalue weighted by Crippen LogP contribution is -2.47. The Balaban J connectivity index is 2.34. The second-order valence-corrected chi connectivity index (χ2v) is 3.42. The van der Waals surface area contributed by atoms with Crippen LogP contribution in [0.2, 0.25) is 0 Å². The molecule has 0 aromatic carbocycles. The summed E-state index contributed by atoms with van der Waals surface area (Å²) in [7, 11) is 0. The van der Waals surface area contributed by atoms with Gasteiger partial charge in [0.2, 0.25) is 0 Å². The molecular formula is C8H15F2NO. The number of rotatable bonds is 4. The first-order chi connectivity index (χ1) is 5.68. The smallest absolute Gasteiger partial charge is 0.250 e. The molecule has 2 nitrogen and oxygen atoms in total. The third kappa shape index (κ3) is 2.38. The fourth-order valence-corrected chi connectivity index (χ4v) is 1.74.